The van der Waals surface area contributed by atoms with Crippen molar-refractivity contribution in [3.8, 4) is 0 Å². The smallest absolute Gasteiger partial charge is 0.181 e. The quantitative estimate of drug-likeness (QED) is 0.365. The number of rotatable bonds is 4. The minimum atomic E-state index is -0.110. The van der Waals surface area contributed by atoms with Crippen molar-refractivity contribution in [1.29, 1.82) is 0 Å². The molecule has 0 aliphatic carbocycles. The van der Waals surface area contributed by atoms with Gasteiger partial charge in [-0.05, 0) is 21.0 Å². The molecule has 0 aromatic rings. The van der Waals surface area contributed by atoms with Crippen molar-refractivity contribution in [1.82, 2.24) is 4.90 Å². The van der Waals surface area contributed by atoms with Gasteiger partial charge in [-0.2, -0.15) is 0 Å². The molecule has 0 fully saturated rings. The average Bonchev–Trinajstić information content (AvgIpc) is 1.98. The van der Waals surface area contributed by atoms with Crippen LogP contribution in [0.15, 0.2) is 5.16 Å². The van der Waals surface area contributed by atoms with E-state index < -0.39 is 0 Å². The molecule has 0 radical (unpaired) electrons. The van der Waals surface area contributed by atoms with Crippen LogP contribution in [-0.2, 0) is 4.79 Å². The summed E-state index contributed by atoms with van der Waals surface area (Å²) in [5, 5.41) is 11.0. The van der Waals surface area contributed by atoms with Gasteiger partial charge in [-0.3, -0.25) is 4.79 Å². The van der Waals surface area contributed by atoms with E-state index in [-0.39, 0.29) is 11.5 Å². The highest BCUT2D eigenvalue weighted by Crippen LogP contribution is 1.88. The average molecular weight is 158 g/mol. The molecule has 11 heavy (non-hydrogen) atoms. The van der Waals surface area contributed by atoms with Crippen LogP contribution >= 0.6 is 0 Å². The van der Waals surface area contributed by atoms with E-state index in [1.807, 2.05) is 19.0 Å². The Labute approximate surface area is 66.5 Å². The molecule has 4 nitrogen and oxygen atoms in total. The molecule has 0 bridgehead atoms. The first-order chi connectivity index (χ1) is 5.07. The normalized spacial score (nSPS) is 12.2. The standard InChI is InChI=1S/C7H14N2O2/c1-6(8-11)7(10)4-5-9(2)3/h11H,4-5H2,1-3H3/b8-6+. The summed E-state index contributed by atoms with van der Waals surface area (Å²) in [6.07, 6.45) is 0.406. The van der Waals surface area contributed by atoms with Gasteiger partial charge in [0.2, 0.25) is 0 Å². The maximum Gasteiger partial charge on any atom is 0.181 e. The van der Waals surface area contributed by atoms with Gasteiger partial charge in [-0.15, -0.1) is 0 Å². The molecule has 0 aliphatic heterocycles. The zero-order valence-electron chi connectivity index (χ0n) is 7.16. The van der Waals surface area contributed by atoms with Crippen molar-refractivity contribution in [2.75, 3.05) is 20.6 Å². The molecular formula is C7H14N2O2. The number of hydrogen-bond acceptors (Lipinski definition) is 4. The molecular weight excluding hydrogens is 144 g/mol. The fourth-order valence-corrected chi connectivity index (χ4v) is 0.562. The lowest BCUT2D eigenvalue weighted by Gasteiger charge is -2.06. The monoisotopic (exact) mass is 158 g/mol. The van der Waals surface area contributed by atoms with E-state index in [1.165, 1.54) is 6.92 Å². The predicted molar refractivity (Wildman–Crippen MR) is 43.1 cm³/mol. The van der Waals surface area contributed by atoms with Gasteiger partial charge in [0.1, 0.15) is 5.71 Å². The third-order valence-electron chi connectivity index (χ3n) is 1.34. The van der Waals surface area contributed by atoms with Gasteiger partial charge < -0.3 is 10.1 Å². The van der Waals surface area contributed by atoms with Gasteiger partial charge >= 0.3 is 0 Å². The maximum atomic E-state index is 11.0. The third-order valence-corrected chi connectivity index (χ3v) is 1.34. The van der Waals surface area contributed by atoms with Crippen molar-refractivity contribution in [3.63, 3.8) is 0 Å². The Morgan fingerprint density at radius 1 is 1.55 bits per heavy atom. The summed E-state index contributed by atoms with van der Waals surface area (Å²) in [7, 11) is 3.78. The number of nitrogens with zero attached hydrogens (tertiary/aromatic N) is 2. The Morgan fingerprint density at radius 2 is 2.09 bits per heavy atom. The zero-order chi connectivity index (χ0) is 8.85. The summed E-state index contributed by atoms with van der Waals surface area (Å²) in [5.74, 6) is -0.110. The highest BCUT2D eigenvalue weighted by Gasteiger charge is 2.05. The van der Waals surface area contributed by atoms with Crippen LogP contribution < -0.4 is 0 Å². The second kappa shape index (κ2) is 4.85. The highest BCUT2D eigenvalue weighted by atomic mass is 16.4. The highest BCUT2D eigenvalue weighted by molar-refractivity contribution is 6.38. The van der Waals surface area contributed by atoms with Gasteiger partial charge in [0.15, 0.2) is 5.78 Å². The van der Waals surface area contributed by atoms with Crippen LogP contribution in [0.3, 0.4) is 0 Å². The van der Waals surface area contributed by atoms with E-state index in [4.69, 9.17) is 5.21 Å². The fraction of sp³-hybridized carbons (Fsp3) is 0.714. The summed E-state index contributed by atoms with van der Waals surface area (Å²) < 4.78 is 0. The molecule has 64 valence electrons. The van der Waals surface area contributed by atoms with Crippen molar-refractivity contribution < 1.29 is 10.0 Å². The predicted octanol–water partition coefficient (Wildman–Crippen LogP) is 0.357. The third kappa shape index (κ3) is 4.50. The number of carbonyl (C=O) groups excluding carboxylic acids is 1. The van der Waals surface area contributed by atoms with Gasteiger partial charge in [0.05, 0.1) is 0 Å². The molecule has 0 spiro atoms. The molecule has 0 aliphatic rings. The van der Waals surface area contributed by atoms with E-state index in [9.17, 15) is 4.79 Å². The molecule has 0 rings (SSSR count). The fourth-order valence-electron chi connectivity index (χ4n) is 0.562. The van der Waals surface area contributed by atoms with Crippen LogP contribution in [-0.4, -0.2) is 42.2 Å². The summed E-state index contributed by atoms with van der Waals surface area (Å²) in [6, 6.07) is 0. The van der Waals surface area contributed by atoms with Gasteiger partial charge in [-0.1, -0.05) is 5.16 Å². The van der Waals surface area contributed by atoms with Crippen LogP contribution in [0.2, 0.25) is 0 Å². The topological polar surface area (TPSA) is 52.9 Å². The Hall–Kier alpha value is -0.900. The van der Waals surface area contributed by atoms with Crippen LogP contribution in [0.25, 0.3) is 0 Å². The first kappa shape index (κ1) is 10.1. The Balaban J connectivity index is 3.71. The minimum Gasteiger partial charge on any atom is -0.411 e. The largest absolute Gasteiger partial charge is 0.411 e. The molecule has 4 heteroatoms. The van der Waals surface area contributed by atoms with Crippen LogP contribution in [0, 0.1) is 0 Å². The number of Topliss-reactive ketones (excluding diaryl/α,β-unsaturated/α-hetero) is 1. The van der Waals surface area contributed by atoms with Crippen molar-refractivity contribution >= 4 is 11.5 Å². The maximum absolute atomic E-state index is 11.0. The summed E-state index contributed by atoms with van der Waals surface area (Å²) in [6.45, 7) is 2.18. The van der Waals surface area contributed by atoms with Gasteiger partial charge in [0.25, 0.3) is 0 Å². The summed E-state index contributed by atoms with van der Waals surface area (Å²) in [4.78, 5) is 12.9. The minimum absolute atomic E-state index is 0.110. The molecule has 0 heterocycles. The Kier molecular flexibility index (Phi) is 4.45. The molecule has 1 N–H and O–H groups in total. The van der Waals surface area contributed by atoms with Crippen LogP contribution in [0.4, 0.5) is 0 Å². The summed E-state index contributed by atoms with van der Waals surface area (Å²) in [5.41, 5.74) is 0.173. The lowest BCUT2D eigenvalue weighted by atomic mass is 10.2. The first-order valence-electron chi connectivity index (χ1n) is 3.44. The molecule has 0 aromatic carbocycles. The lowest BCUT2D eigenvalue weighted by Crippen LogP contribution is -2.20. The number of carbonyl (C=O) groups is 1. The van der Waals surface area contributed by atoms with E-state index in [0.29, 0.717) is 13.0 Å². The van der Waals surface area contributed by atoms with Crippen molar-refractivity contribution in [3.05, 3.63) is 0 Å². The number of oxime groups is 1. The second-order valence-electron chi connectivity index (χ2n) is 2.66. The van der Waals surface area contributed by atoms with E-state index >= 15 is 0 Å². The number of hydrogen-bond donors (Lipinski definition) is 1. The molecule has 0 atom stereocenters. The molecule has 0 amide bonds. The van der Waals surface area contributed by atoms with Crippen molar-refractivity contribution in [2.45, 2.75) is 13.3 Å². The first-order valence-corrected chi connectivity index (χ1v) is 3.44. The van der Waals surface area contributed by atoms with E-state index in [2.05, 4.69) is 5.16 Å². The molecule has 0 unspecified atom stereocenters. The van der Waals surface area contributed by atoms with Gasteiger partial charge in [0, 0.05) is 13.0 Å². The SMILES string of the molecule is C/C(=N\O)C(=O)CCN(C)C. The van der Waals surface area contributed by atoms with E-state index in [1.54, 1.807) is 0 Å². The van der Waals surface area contributed by atoms with E-state index in [0.717, 1.165) is 0 Å². The molecule has 0 saturated carbocycles. The Bertz CT molecular complexity index is 164. The van der Waals surface area contributed by atoms with Crippen molar-refractivity contribution in [2.24, 2.45) is 5.16 Å². The zero-order valence-corrected chi connectivity index (χ0v) is 7.16. The van der Waals surface area contributed by atoms with Crippen LogP contribution in [0.1, 0.15) is 13.3 Å². The summed E-state index contributed by atoms with van der Waals surface area (Å²) >= 11 is 0. The van der Waals surface area contributed by atoms with Gasteiger partial charge in [-0.25, -0.2) is 0 Å². The molecule has 0 aromatic heterocycles. The van der Waals surface area contributed by atoms with Crippen LogP contribution in [0.5, 0.6) is 0 Å². The Morgan fingerprint density at radius 3 is 2.45 bits per heavy atom. The second-order valence-corrected chi connectivity index (χ2v) is 2.66. The lowest BCUT2D eigenvalue weighted by molar-refractivity contribution is -0.113. The molecule has 0 saturated heterocycles. The number of ketones is 1.